The Bertz CT molecular complexity index is 1130. The number of amides is 1. The lowest BCUT2D eigenvalue weighted by atomic mass is 9.53. The van der Waals surface area contributed by atoms with Crippen molar-refractivity contribution in [1.29, 1.82) is 0 Å². The molecule has 2 fully saturated rings. The molecule has 2 spiro atoms. The van der Waals surface area contributed by atoms with Gasteiger partial charge in [0.15, 0.2) is 0 Å². The van der Waals surface area contributed by atoms with Gasteiger partial charge in [0.05, 0.1) is 0 Å². The number of nitrogens with zero attached hydrogens (tertiary/aromatic N) is 2. The number of anilines is 1. The van der Waals surface area contributed by atoms with Crippen LogP contribution in [-0.4, -0.2) is 38.5 Å². The molecule has 0 radical (unpaired) electrons. The van der Waals surface area contributed by atoms with E-state index >= 15 is 0 Å². The molecule has 2 aliphatic heterocycles. The van der Waals surface area contributed by atoms with Crippen LogP contribution in [0.15, 0.2) is 30.5 Å². The second kappa shape index (κ2) is 7.14. The average Bonchev–Trinajstić information content (AvgIpc) is 3.18. The molecule has 1 amide bonds. The quantitative estimate of drug-likeness (QED) is 0.564. The van der Waals surface area contributed by atoms with E-state index in [0.717, 1.165) is 12.8 Å². The molecule has 4 heterocycles. The van der Waals surface area contributed by atoms with E-state index < -0.39 is 28.9 Å². The van der Waals surface area contributed by atoms with Gasteiger partial charge in [-0.15, -0.1) is 0 Å². The molecule has 0 unspecified atom stereocenters. The van der Waals surface area contributed by atoms with E-state index in [4.69, 9.17) is 23.2 Å². The van der Waals surface area contributed by atoms with Crippen LogP contribution in [0.5, 0.6) is 0 Å². The highest BCUT2D eigenvalue weighted by molar-refractivity contribution is 6.30. The van der Waals surface area contributed by atoms with Crippen molar-refractivity contribution in [2.24, 2.45) is 5.41 Å². The zero-order valence-corrected chi connectivity index (χ0v) is 19.3. The molecule has 1 saturated heterocycles. The summed E-state index contributed by atoms with van der Waals surface area (Å²) in [6.45, 7) is 4.42. The molecule has 1 aliphatic carbocycles. The molecule has 2 aromatic rings. The zero-order valence-electron chi connectivity index (χ0n) is 17.8. The van der Waals surface area contributed by atoms with Gasteiger partial charge in [-0.2, -0.15) is 0 Å². The lowest BCUT2D eigenvalue weighted by molar-refractivity contribution is -0.139. The lowest BCUT2D eigenvalue weighted by Gasteiger charge is -2.50. The summed E-state index contributed by atoms with van der Waals surface area (Å²) in [6, 6.07) is 5.89. The summed E-state index contributed by atoms with van der Waals surface area (Å²) in [5.41, 5.74) is -0.479. The summed E-state index contributed by atoms with van der Waals surface area (Å²) in [5, 5.41) is 17.2. The van der Waals surface area contributed by atoms with Gasteiger partial charge in [0.1, 0.15) is 27.6 Å². The summed E-state index contributed by atoms with van der Waals surface area (Å²) >= 11 is 12.3. The number of carboxylic acids is 1. The maximum atomic E-state index is 14.0. The van der Waals surface area contributed by atoms with Crippen molar-refractivity contribution in [3.8, 4) is 0 Å². The Kier molecular flexibility index (Phi) is 4.82. The van der Waals surface area contributed by atoms with E-state index in [0.29, 0.717) is 29.8 Å². The first kappa shape index (κ1) is 21.6. The standard InChI is InChI=1S/C23H24Cl2N4O3/c1-21(2)6-8-22(9-7-21)23(13-3-4-14(24)27-18(13)28-20(23)32)16(17(29-22)19(30)31)12-5-10-26-15(25)11-12/h3-5,10-11,16-17,29H,6-9H2,1-2H3,(H,30,31)(H,27,28,32)/t16-,17+,23+/m0/s1. The number of carbonyl (C=O) groups is 2. The van der Waals surface area contributed by atoms with Crippen molar-refractivity contribution in [3.05, 3.63) is 51.9 Å². The summed E-state index contributed by atoms with van der Waals surface area (Å²) in [7, 11) is 0. The number of pyridine rings is 2. The van der Waals surface area contributed by atoms with Crippen LogP contribution in [0, 0.1) is 5.41 Å². The van der Waals surface area contributed by atoms with Crippen LogP contribution in [0.1, 0.15) is 56.6 Å². The maximum absolute atomic E-state index is 14.0. The lowest BCUT2D eigenvalue weighted by Crippen LogP contribution is -2.61. The molecule has 1 saturated carbocycles. The van der Waals surface area contributed by atoms with Crippen LogP contribution in [-0.2, 0) is 15.0 Å². The molecule has 7 nitrogen and oxygen atoms in total. The second-order valence-electron chi connectivity index (χ2n) is 9.89. The minimum absolute atomic E-state index is 0.112. The Morgan fingerprint density at radius 2 is 1.84 bits per heavy atom. The predicted octanol–water partition coefficient (Wildman–Crippen LogP) is 4.15. The van der Waals surface area contributed by atoms with Crippen molar-refractivity contribution < 1.29 is 14.7 Å². The number of halogens is 2. The minimum Gasteiger partial charge on any atom is -0.480 e. The number of carboxylic acid groups (broad SMARTS) is 1. The highest BCUT2D eigenvalue weighted by Gasteiger charge is 2.73. The van der Waals surface area contributed by atoms with Gasteiger partial charge in [0.25, 0.3) is 0 Å². The summed E-state index contributed by atoms with van der Waals surface area (Å²) in [4.78, 5) is 34.9. The second-order valence-corrected chi connectivity index (χ2v) is 10.7. The largest absolute Gasteiger partial charge is 0.480 e. The monoisotopic (exact) mass is 474 g/mol. The summed E-state index contributed by atoms with van der Waals surface area (Å²) in [5.74, 6) is -1.57. The average molecular weight is 475 g/mol. The number of hydrogen-bond donors (Lipinski definition) is 3. The Labute approximate surface area is 195 Å². The molecule has 32 heavy (non-hydrogen) atoms. The normalized spacial score (nSPS) is 29.8. The number of fused-ring (bicyclic) bond motifs is 3. The SMILES string of the molecule is CC1(C)CCC2(CC1)N[C@@H](C(=O)O)[C@H](c1ccnc(Cl)c1)[C@]21C(=O)Nc2nc(Cl)ccc21. The Morgan fingerprint density at radius 3 is 2.50 bits per heavy atom. The van der Waals surface area contributed by atoms with Crippen LogP contribution in [0.4, 0.5) is 5.82 Å². The molecule has 3 atom stereocenters. The fraction of sp³-hybridized carbons (Fsp3) is 0.478. The Hall–Kier alpha value is -2.22. The van der Waals surface area contributed by atoms with Crippen LogP contribution in [0.25, 0.3) is 0 Å². The molecular weight excluding hydrogens is 451 g/mol. The number of carbonyl (C=O) groups excluding carboxylic acids is 1. The van der Waals surface area contributed by atoms with E-state index in [-0.39, 0.29) is 21.6 Å². The smallest absolute Gasteiger partial charge is 0.321 e. The van der Waals surface area contributed by atoms with E-state index in [2.05, 4.69) is 34.4 Å². The summed E-state index contributed by atoms with van der Waals surface area (Å²) < 4.78 is 0. The van der Waals surface area contributed by atoms with Gasteiger partial charge in [-0.3, -0.25) is 14.9 Å². The van der Waals surface area contributed by atoms with Crippen molar-refractivity contribution in [3.63, 3.8) is 0 Å². The third-order valence-corrected chi connectivity index (χ3v) is 8.11. The van der Waals surface area contributed by atoms with E-state index in [9.17, 15) is 14.7 Å². The highest BCUT2D eigenvalue weighted by Crippen LogP contribution is 2.63. The first-order valence-electron chi connectivity index (χ1n) is 10.7. The van der Waals surface area contributed by atoms with Gasteiger partial charge in [-0.05, 0) is 54.9 Å². The highest BCUT2D eigenvalue weighted by atomic mass is 35.5. The molecule has 5 rings (SSSR count). The number of nitrogens with one attached hydrogen (secondary N) is 2. The number of aromatic nitrogens is 2. The van der Waals surface area contributed by atoms with Gasteiger partial charge in [0, 0.05) is 23.2 Å². The van der Waals surface area contributed by atoms with Gasteiger partial charge in [0.2, 0.25) is 5.91 Å². The van der Waals surface area contributed by atoms with E-state index in [1.807, 2.05) is 6.07 Å². The van der Waals surface area contributed by atoms with Crippen molar-refractivity contribution in [1.82, 2.24) is 15.3 Å². The van der Waals surface area contributed by atoms with Crippen molar-refractivity contribution in [2.75, 3.05) is 5.32 Å². The van der Waals surface area contributed by atoms with Gasteiger partial charge < -0.3 is 10.4 Å². The number of aliphatic carboxylic acids is 1. The fourth-order valence-electron chi connectivity index (χ4n) is 6.15. The van der Waals surface area contributed by atoms with E-state index in [1.165, 1.54) is 0 Å². The van der Waals surface area contributed by atoms with Crippen molar-refractivity contribution in [2.45, 2.75) is 62.4 Å². The molecular formula is C23H24Cl2N4O3. The Morgan fingerprint density at radius 1 is 1.12 bits per heavy atom. The fourth-order valence-corrected chi connectivity index (χ4v) is 6.48. The topological polar surface area (TPSA) is 104 Å². The van der Waals surface area contributed by atoms with Crippen LogP contribution in [0.3, 0.4) is 0 Å². The minimum atomic E-state index is -1.18. The van der Waals surface area contributed by atoms with Gasteiger partial charge >= 0.3 is 5.97 Å². The molecule has 9 heteroatoms. The predicted molar refractivity (Wildman–Crippen MR) is 121 cm³/mol. The maximum Gasteiger partial charge on any atom is 0.321 e. The van der Waals surface area contributed by atoms with Crippen molar-refractivity contribution >= 4 is 40.9 Å². The molecule has 168 valence electrons. The number of hydrogen-bond acceptors (Lipinski definition) is 5. The van der Waals surface area contributed by atoms with E-state index in [1.54, 1.807) is 24.4 Å². The van der Waals surface area contributed by atoms with Gasteiger partial charge in [-0.1, -0.05) is 43.1 Å². The first-order chi connectivity index (χ1) is 15.1. The first-order valence-corrected chi connectivity index (χ1v) is 11.5. The van der Waals surface area contributed by atoms with Crippen LogP contribution in [0.2, 0.25) is 10.3 Å². The Balaban J connectivity index is 1.81. The molecule has 3 aliphatic rings. The van der Waals surface area contributed by atoms with Gasteiger partial charge in [-0.25, -0.2) is 9.97 Å². The third-order valence-electron chi connectivity index (χ3n) is 7.70. The zero-order chi connectivity index (χ0) is 22.9. The number of rotatable bonds is 2. The molecule has 0 aromatic carbocycles. The molecule has 0 bridgehead atoms. The molecule has 2 aromatic heterocycles. The summed E-state index contributed by atoms with van der Waals surface area (Å²) in [6.07, 6.45) is 4.60. The van der Waals surface area contributed by atoms with Crippen LogP contribution < -0.4 is 10.6 Å². The third kappa shape index (κ3) is 2.91. The van der Waals surface area contributed by atoms with Crippen LogP contribution >= 0.6 is 23.2 Å². The molecule has 3 N–H and O–H groups in total.